The van der Waals surface area contributed by atoms with E-state index in [1.807, 2.05) is 31.2 Å². The lowest BCUT2D eigenvalue weighted by Gasteiger charge is -2.16. The predicted octanol–water partition coefficient (Wildman–Crippen LogP) is 0.708. The third-order valence-electron chi connectivity index (χ3n) is 4.58. The highest BCUT2D eigenvalue weighted by atomic mass is 32.2. The molecule has 1 aromatic heterocycles. The zero-order valence-corrected chi connectivity index (χ0v) is 15.3. The number of aromatic nitrogens is 1. The number of sulfonamides is 1. The standard InChI is InChI=1S/C18H21N3O4S/c1-13-4-2-5-14(10-13)11-20-8-3-6-16(17(20)22)18(23)21-9-7-15(12-21)26(19,24)25/h2-6,8,10,15H,7,9,11-12H2,1H3,(H2,19,24,25)/t15-/m1/s1. The molecule has 138 valence electrons. The van der Waals surface area contributed by atoms with Gasteiger partial charge in [0.1, 0.15) is 5.56 Å². The highest BCUT2D eigenvalue weighted by molar-refractivity contribution is 7.89. The first kappa shape index (κ1) is 18.3. The Kier molecular flexibility index (Phi) is 4.97. The SMILES string of the molecule is Cc1cccc(Cn2cccc(C(=O)N3CC[C@@H](S(N)(=O)=O)C3)c2=O)c1. The van der Waals surface area contributed by atoms with Crippen molar-refractivity contribution in [2.24, 2.45) is 5.14 Å². The van der Waals surface area contributed by atoms with E-state index in [9.17, 15) is 18.0 Å². The molecule has 2 aromatic rings. The number of primary sulfonamides is 1. The number of amides is 1. The van der Waals surface area contributed by atoms with Gasteiger partial charge in [-0.25, -0.2) is 13.6 Å². The number of aryl methyl sites for hydroxylation is 1. The maximum absolute atomic E-state index is 12.7. The Morgan fingerprint density at radius 2 is 2.04 bits per heavy atom. The minimum absolute atomic E-state index is 0.0177. The van der Waals surface area contributed by atoms with Crippen molar-refractivity contribution >= 4 is 15.9 Å². The lowest BCUT2D eigenvalue weighted by Crippen LogP contribution is -2.37. The van der Waals surface area contributed by atoms with Crippen LogP contribution in [0.3, 0.4) is 0 Å². The Hall–Kier alpha value is -2.45. The Bertz CT molecular complexity index is 997. The third-order valence-corrected chi connectivity index (χ3v) is 5.90. The van der Waals surface area contributed by atoms with Gasteiger partial charge >= 0.3 is 0 Å². The summed E-state index contributed by atoms with van der Waals surface area (Å²) in [7, 11) is -3.69. The number of carbonyl (C=O) groups excluding carboxylic acids is 1. The van der Waals surface area contributed by atoms with E-state index < -0.39 is 26.7 Å². The molecule has 2 N–H and O–H groups in total. The molecule has 0 saturated carbocycles. The Morgan fingerprint density at radius 1 is 1.27 bits per heavy atom. The first-order chi connectivity index (χ1) is 12.3. The Labute approximate surface area is 152 Å². The monoisotopic (exact) mass is 375 g/mol. The number of hydrogen-bond acceptors (Lipinski definition) is 4. The molecule has 0 unspecified atom stereocenters. The molecule has 26 heavy (non-hydrogen) atoms. The van der Waals surface area contributed by atoms with Gasteiger partial charge in [-0.05, 0) is 31.0 Å². The quantitative estimate of drug-likeness (QED) is 0.850. The first-order valence-corrected chi connectivity index (χ1v) is 9.92. The molecule has 1 saturated heterocycles. The molecule has 0 bridgehead atoms. The van der Waals surface area contributed by atoms with Gasteiger partial charge in [0, 0.05) is 19.3 Å². The van der Waals surface area contributed by atoms with Crippen LogP contribution in [0.4, 0.5) is 0 Å². The summed E-state index contributed by atoms with van der Waals surface area (Å²) in [6.45, 7) is 2.62. The lowest BCUT2D eigenvalue weighted by atomic mass is 10.1. The summed E-state index contributed by atoms with van der Waals surface area (Å²) in [4.78, 5) is 26.8. The normalized spacial score (nSPS) is 17.5. The minimum atomic E-state index is -3.69. The van der Waals surface area contributed by atoms with Gasteiger partial charge in [0.15, 0.2) is 0 Å². The Balaban J connectivity index is 1.83. The largest absolute Gasteiger partial charge is 0.337 e. The molecule has 1 aromatic carbocycles. The summed E-state index contributed by atoms with van der Waals surface area (Å²) < 4.78 is 24.4. The van der Waals surface area contributed by atoms with Crippen molar-refractivity contribution in [2.45, 2.75) is 25.1 Å². The van der Waals surface area contributed by atoms with Crippen LogP contribution in [0.25, 0.3) is 0 Å². The maximum Gasteiger partial charge on any atom is 0.263 e. The number of nitrogens with two attached hydrogens (primary N) is 1. The van der Waals surface area contributed by atoms with Gasteiger partial charge in [-0.15, -0.1) is 0 Å². The maximum atomic E-state index is 12.7. The highest BCUT2D eigenvalue weighted by Crippen LogP contribution is 2.16. The number of nitrogens with zero attached hydrogens (tertiary/aromatic N) is 2. The number of rotatable bonds is 4. The molecule has 3 rings (SSSR count). The van der Waals surface area contributed by atoms with E-state index >= 15 is 0 Å². The van der Waals surface area contributed by atoms with Gasteiger partial charge in [-0.1, -0.05) is 29.8 Å². The second-order valence-electron chi connectivity index (χ2n) is 6.59. The highest BCUT2D eigenvalue weighted by Gasteiger charge is 2.34. The fourth-order valence-corrected chi connectivity index (χ4v) is 4.00. The second kappa shape index (κ2) is 7.05. The van der Waals surface area contributed by atoms with Gasteiger partial charge in [0.05, 0.1) is 11.8 Å². The number of hydrogen-bond donors (Lipinski definition) is 1. The summed E-state index contributed by atoms with van der Waals surface area (Å²) in [5, 5.41) is 4.39. The van der Waals surface area contributed by atoms with Gasteiger partial charge in [0.2, 0.25) is 10.0 Å². The summed E-state index contributed by atoms with van der Waals surface area (Å²) in [5.74, 6) is -0.459. The predicted molar refractivity (Wildman–Crippen MR) is 98.4 cm³/mol. The number of pyridine rings is 1. The molecule has 2 heterocycles. The topological polar surface area (TPSA) is 102 Å². The van der Waals surface area contributed by atoms with Crippen molar-refractivity contribution in [1.82, 2.24) is 9.47 Å². The first-order valence-electron chi connectivity index (χ1n) is 8.31. The summed E-state index contributed by atoms with van der Waals surface area (Å²) >= 11 is 0. The molecule has 1 fully saturated rings. The van der Waals surface area contributed by atoms with Crippen LogP contribution in [-0.2, 0) is 16.6 Å². The van der Waals surface area contributed by atoms with E-state index in [-0.39, 0.29) is 25.1 Å². The van der Waals surface area contributed by atoms with Crippen molar-refractivity contribution in [3.05, 3.63) is 69.6 Å². The van der Waals surface area contributed by atoms with Crippen LogP contribution in [0.2, 0.25) is 0 Å². The number of likely N-dealkylation sites (tertiary alicyclic amines) is 1. The van der Waals surface area contributed by atoms with E-state index in [1.54, 1.807) is 12.3 Å². The molecule has 7 nitrogen and oxygen atoms in total. The molecule has 1 aliphatic heterocycles. The van der Waals surface area contributed by atoms with Gasteiger partial charge < -0.3 is 9.47 Å². The molecular formula is C18H21N3O4S. The molecule has 1 aliphatic rings. The van der Waals surface area contributed by atoms with Crippen molar-refractivity contribution in [3.8, 4) is 0 Å². The van der Waals surface area contributed by atoms with E-state index in [4.69, 9.17) is 5.14 Å². The van der Waals surface area contributed by atoms with Crippen LogP contribution in [0, 0.1) is 6.92 Å². The van der Waals surface area contributed by atoms with Crippen molar-refractivity contribution in [3.63, 3.8) is 0 Å². The molecular weight excluding hydrogens is 354 g/mol. The molecule has 0 spiro atoms. The molecule has 0 aliphatic carbocycles. The molecule has 1 atom stereocenters. The van der Waals surface area contributed by atoms with Crippen LogP contribution in [0.1, 0.15) is 27.9 Å². The zero-order valence-electron chi connectivity index (χ0n) is 14.5. The number of carbonyl (C=O) groups is 1. The van der Waals surface area contributed by atoms with Crippen molar-refractivity contribution < 1.29 is 13.2 Å². The van der Waals surface area contributed by atoms with Gasteiger partial charge in [-0.2, -0.15) is 0 Å². The van der Waals surface area contributed by atoms with Crippen LogP contribution in [0.15, 0.2) is 47.4 Å². The lowest BCUT2D eigenvalue weighted by molar-refractivity contribution is 0.0790. The fraction of sp³-hybridized carbons (Fsp3) is 0.333. The fourth-order valence-electron chi connectivity index (χ4n) is 3.18. The van der Waals surface area contributed by atoms with Crippen LogP contribution >= 0.6 is 0 Å². The van der Waals surface area contributed by atoms with E-state index in [1.165, 1.54) is 15.5 Å². The minimum Gasteiger partial charge on any atom is -0.337 e. The zero-order chi connectivity index (χ0) is 18.9. The Morgan fingerprint density at radius 3 is 2.69 bits per heavy atom. The second-order valence-corrected chi connectivity index (χ2v) is 8.44. The summed E-state index contributed by atoms with van der Waals surface area (Å²) in [6, 6.07) is 10.9. The van der Waals surface area contributed by atoms with Gasteiger partial charge in [-0.3, -0.25) is 9.59 Å². The molecule has 1 amide bonds. The van der Waals surface area contributed by atoms with Crippen LogP contribution in [-0.4, -0.2) is 42.1 Å². The van der Waals surface area contributed by atoms with E-state index in [0.717, 1.165) is 11.1 Å². The smallest absolute Gasteiger partial charge is 0.263 e. The number of benzene rings is 1. The van der Waals surface area contributed by atoms with Crippen molar-refractivity contribution in [1.29, 1.82) is 0 Å². The van der Waals surface area contributed by atoms with Crippen LogP contribution < -0.4 is 10.7 Å². The van der Waals surface area contributed by atoms with E-state index in [2.05, 4.69) is 0 Å². The van der Waals surface area contributed by atoms with Gasteiger partial charge in [0.25, 0.3) is 11.5 Å². The molecule has 8 heteroatoms. The van der Waals surface area contributed by atoms with Crippen molar-refractivity contribution in [2.75, 3.05) is 13.1 Å². The third kappa shape index (κ3) is 3.86. The summed E-state index contributed by atoms with van der Waals surface area (Å²) in [6.07, 6.45) is 1.92. The average molecular weight is 375 g/mol. The van der Waals surface area contributed by atoms with E-state index in [0.29, 0.717) is 6.54 Å². The summed E-state index contributed by atoms with van der Waals surface area (Å²) in [5.41, 5.74) is 1.70. The van der Waals surface area contributed by atoms with Crippen LogP contribution in [0.5, 0.6) is 0 Å². The average Bonchev–Trinajstić information content (AvgIpc) is 3.07. The molecule has 0 radical (unpaired) electrons.